The number of hydrogen-bond donors (Lipinski definition) is 4. The first-order valence-corrected chi connectivity index (χ1v) is 10.9. The van der Waals surface area contributed by atoms with E-state index in [0.717, 1.165) is 11.4 Å². The average Bonchev–Trinajstić information content (AvgIpc) is 2.73. The van der Waals surface area contributed by atoms with Gasteiger partial charge in [0.25, 0.3) is 0 Å². The lowest BCUT2D eigenvalue weighted by atomic mass is 10.1. The van der Waals surface area contributed by atoms with Gasteiger partial charge in [-0.15, -0.1) is 0 Å². The van der Waals surface area contributed by atoms with Gasteiger partial charge in [0.15, 0.2) is 0 Å². The van der Waals surface area contributed by atoms with Crippen molar-refractivity contribution in [3.05, 3.63) is 48.5 Å². The van der Waals surface area contributed by atoms with Gasteiger partial charge in [0.2, 0.25) is 30.6 Å². The first kappa shape index (κ1) is 23.7. The molecule has 0 aromatic heterocycles. The highest BCUT2D eigenvalue weighted by Gasteiger charge is 2.34. The van der Waals surface area contributed by atoms with Crippen LogP contribution in [0.2, 0.25) is 0 Å². The van der Waals surface area contributed by atoms with E-state index in [-0.39, 0.29) is 30.6 Å². The molecule has 0 radical (unpaired) electrons. The molecule has 12 nitrogen and oxygen atoms in total. The Morgan fingerprint density at radius 2 is 0.971 bits per heavy atom. The third kappa shape index (κ3) is 4.90. The minimum atomic E-state index is -0.660. The van der Waals surface area contributed by atoms with Crippen molar-refractivity contribution in [3.8, 4) is 11.5 Å². The summed E-state index contributed by atoms with van der Waals surface area (Å²) in [4.78, 5) is 20.4. The molecule has 0 fully saturated rings. The van der Waals surface area contributed by atoms with Gasteiger partial charge in [-0.1, -0.05) is 0 Å². The number of rotatable bonds is 6. The van der Waals surface area contributed by atoms with Crippen LogP contribution in [0, 0.1) is 0 Å². The lowest BCUT2D eigenvalue weighted by molar-refractivity contribution is 0.120. The van der Waals surface area contributed by atoms with Crippen LogP contribution in [0.1, 0.15) is 27.7 Å². The number of nitrogens with two attached hydrogens (primary N) is 4. The van der Waals surface area contributed by atoms with Crippen LogP contribution in [0.3, 0.4) is 0 Å². The van der Waals surface area contributed by atoms with Crippen molar-refractivity contribution in [2.24, 2.45) is 42.9 Å². The van der Waals surface area contributed by atoms with Gasteiger partial charge in [-0.25, -0.2) is 9.98 Å². The predicted molar refractivity (Wildman–Crippen MR) is 139 cm³/mol. The zero-order valence-electron chi connectivity index (χ0n) is 20.1. The number of nitrogens with zero attached hydrogens (tertiary/aromatic N) is 6. The Kier molecular flexibility index (Phi) is 5.89. The van der Waals surface area contributed by atoms with Crippen molar-refractivity contribution < 1.29 is 9.47 Å². The zero-order chi connectivity index (χ0) is 25.4. The Hall–Kier alpha value is -4.48. The van der Waals surface area contributed by atoms with Crippen molar-refractivity contribution >= 4 is 35.2 Å². The number of hydrogen-bond acceptors (Lipinski definition) is 12. The summed E-state index contributed by atoms with van der Waals surface area (Å²) >= 11 is 0. The van der Waals surface area contributed by atoms with Gasteiger partial charge in [-0.05, 0) is 76.2 Å². The molecule has 2 aliphatic heterocycles. The summed E-state index contributed by atoms with van der Waals surface area (Å²) in [5.74, 6) is 2.13. The summed E-state index contributed by atoms with van der Waals surface area (Å²) in [7, 11) is 0. The van der Waals surface area contributed by atoms with E-state index in [1.807, 2.05) is 76.2 Å². The molecule has 35 heavy (non-hydrogen) atoms. The maximum atomic E-state index is 6.08. The fourth-order valence-corrected chi connectivity index (χ4v) is 4.05. The van der Waals surface area contributed by atoms with Crippen molar-refractivity contribution in [2.45, 2.75) is 39.0 Å². The second-order valence-corrected chi connectivity index (χ2v) is 8.93. The standard InChI is InChI=1S/C23H30N10O2/c1-22(2)30-18(24)28-20(26)32(22)14-5-9-16(10-6-14)34-13-35-17-11-7-15(8-12-17)33-21(27)29-19(25)31-23(33,3)4/h5-12H,13H2,1-4H3,(H4,24,26,28,30)(H4,25,27,29,31). The minimum absolute atomic E-state index is 0.0258. The van der Waals surface area contributed by atoms with Crippen molar-refractivity contribution in [1.82, 2.24) is 0 Å². The Bertz CT molecular complexity index is 1120. The van der Waals surface area contributed by atoms with E-state index in [1.54, 1.807) is 9.80 Å². The second-order valence-electron chi connectivity index (χ2n) is 8.93. The highest BCUT2D eigenvalue weighted by molar-refractivity contribution is 6.06. The molecule has 8 N–H and O–H groups in total. The monoisotopic (exact) mass is 478 g/mol. The molecule has 184 valence electrons. The molecule has 2 heterocycles. The number of benzene rings is 2. The largest absolute Gasteiger partial charge is 0.458 e. The Labute approximate surface area is 203 Å². The van der Waals surface area contributed by atoms with Gasteiger partial charge in [0, 0.05) is 11.4 Å². The van der Waals surface area contributed by atoms with Crippen LogP contribution in [-0.4, -0.2) is 42.0 Å². The summed E-state index contributed by atoms with van der Waals surface area (Å²) in [5.41, 5.74) is 23.9. The minimum Gasteiger partial charge on any atom is -0.458 e. The number of aliphatic imine (C=N–C) groups is 4. The Morgan fingerprint density at radius 1 is 0.629 bits per heavy atom. The second kappa shape index (κ2) is 8.70. The Balaban J connectivity index is 1.35. The highest BCUT2D eigenvalue weighted by Crippen LogP contribution is 2.30. The zero-order valence-corrected chi connectivity index (χ0v) is 20.1. The van der Waals surface area contributed by atoms with Crippen LogP contribution in [0.4, 0.5) is 11.4 Å². The lowest BCUT2D eigenvalue weighted by Gasteiger charge is -2.38. The molecule has 2 aliphatic rings. The molecule has 0 saturated carbocycles. The van der Waals surface area contributed by atoms with E-state index >= 15 is 0 Å². The van der Waals surface area contributed by atoms with Crippen molar-refractivity contribution in [2.75, 3.05) is 16.6 Å². The molecule has 0 aliphatic carbocycles. The van der Waals surface area contributed by atoms with E-state index in [4.69, 9.17) is 32.4 Å². The predicted octanol–water partition coefficient (Wildman–Crippen LogP) is 1.47. The fraction of sp³-hybridized carbons (Fsp3) is 0.304. The van der Waals surface area contributed by atoms with Crippen LogP contribution in [0.15, 0.2) is 68.5 Å². The molecule has 0 amide bonds. The van der Waals surface area contributed by atoms with E-state index in [1.165, 1.54) is 0 Å². The van der Waals surface area contributed by atoms with E-state index in [9.17, 15) is 0 Å². The van der Waals surface area contributed by atoms with Crippen molar-refractivity contribution in [3.63, 3.8) is 0 Å². The van der Waals surface area contributed by atoms with Gasteiger partial charge >= 0.3 is 0 Å². The van der Waals surface area contributed by atoms with Gasteiger partial charge in [0.1, 0.15) is 22.8 Å². The topological polar surface area (TPSA) is 178 Å². The first-order chi connectivity index (χ1) is 16.5. The average molecular weight is 479 g/mol. The van der Waals surface area contributed by atoms with Gasteiger partial charge in [0.05, 0.1) is 0 Å². The van der Waals surface area contributed by atoms with Crippen LogP contribution in [0.25, 0.3) is 0 Å². The van der Waals surface area contributed by atoms with Gasteiger partial charge in [-0.2, -0.15) is 9.98 Å². The molecule has 0 spiro atoms. The van der Waals surface area contributed by atoms with Gasteiger partial charge in [-0.3, -0.25) is 9.80 Å². The third-order valence-corrected chi connectivity index (χ3v) is 5.43. The van der Waals surface area contributed by atoms with Crippen LogP contribution in [0.5, 0.6) is 11.5 Å². The number of ether oxygens (including phenoxy) is 2. The fourth-order valence-electron chi connectivity index (χ4n) is 4.05. The number of guanidine groups is 4. The molecule has 0 bridgehead atoms. The van der Waals surface area contributed by atoms with E-state index in [2.05, 4.69) is 20.0 Å². The Morgan fingerprint density at radius 3 is 1.29 bits per heavy atom. The molecule has 0 unspecified atom stereocenters. The van der Waals surface area contributed by atoms with E-state index < -0.39 is 11.3 Å². The smallest absolute Gasteiger partial charge is 0.230 e. The number of anilines is 2. The quantitative estimate of drug-likeness (QED) is 0.451. The van der Waals surface area contributed by atoms with Crippen LogP contribution >= 0.6 is 0 Å². The SMILES string of the molecule is CC1(C)N=C(N)N=C(N)N1c1ccc(OCOc2ccc(N3C(N)=NC(N)=NC3(C)C)cc2)cc1. The van der Waals surface area contributed by atoms with Crippen LogP contribution < -0.4 is 42.2 Å². The maximum absolute atomic E-state index is 6.08. The summed E-state index contributed by atoms with van der Waals surface area (Å²) in [6, 6.07) is 14.7. The molecular formula is C23H30N10O2. The summed E-state index contributed by atoms with van der Waals surface area (Å²) < 4.78 is 11.5. The highest BCUT2D eigenvalue weighted by atomic mass is 16.7. The van der Waals surface area contributed by atoms with Gasteiger partial charge < -0.3 is 32.4 Å². The molecular weight excluding hydrogens is 448 g/mol. The normalized spacial score (nSPS) is 18.7. The lowest BCUT2D eigenvalue weighted by Crippen LogP contribution is -2.54. The molecule has 2 aromatic rings. The molecule has 0 atom stereocenters. The maximum Gasteiger partial charge on any atom is 0.230 e. The van der Waals surface area contributed by atoms with Crippen molar-refractivity contribution in [1.29, 1.82) is 0 Å². The molecule has 0 saturated heterocycles. The van der Waals surface area contributed by atoms with E-state index in [0.29, 0.717) is 11.5 Å². The summed E-state index contributed by atoms with van der Waals surface area (Å²) in [6.45, 7) is 7.64. The molecule has 12 heteroatoms. The molecule has 4 rings (SSSR count). The summed E-state index contributed by atoms with van der Waals surface area (Å²) in [5, 5.41) is 0. The third-order valence-electron chi connectivity index (χ3n) is 5.43. The first-order valence-electron chi connectivity index (χ1n) is 10.9. The van der Waals surface area contributed by atoms with Crippen LogP contribution in [-0.2, 0) is 0 Å². The molecule has 2 aromatic carbocycles. The summed E-state index contributed by atoms with van der Waals surface area (Å²) in [6.07, 6.45) is 0.